The van der Waals surface area contributed by atoms with Gasteiger partial charge in [-0.15, -0.1) is 16.4 Å². The Morgan fingerprint density at radius 3 is 2.75 bits per heavy atom. The van der Waals surface area contributed by atoms with Crippen molar-refractivity contribution in [2.24, 2.45) is 0 Å². The third-order valence-electron chi connectivity index (χ3n) is 5.83. The Bertz CT molecular complexity index is 1310. The summed E-state index contributed by atoms with van der Waals surface area (Å²) in [6.07, 6.45) is 5.20. The Morgan fingerprint density at radius 1 is 1.22 bits per heavy atom. The number of hydrogen-bond acceptors (Lipinski definition) is 8. The monoisotopic (exact) mass is 448 g/mol. The molecule has 5 heterocycles. The smallest absolute Gasteiger partial charge is 0.201 e. The molecule has 1 aliphatic heterocycles. The van der Waals surface area contributed by atoms with E-state index in [1.54, 1.807) is 21.9 Å². The normalized spacial score (nSPS) is 15.7. The molecule has 0 radical (unpaired) electrons. The second kappa shape index (κ2) is 8.33. The molecule has 1 N–H and O–H groups in total. The molecule has 0 bridgehead atoms. The maximum atomic E-state index is 9.57. The second-order valence-corrected chi connectivity index (χ2v) is 9.32. The number of thiazole rings is 1. The van der Waals surface area contributed by atoms with Gasteiger partial charge in [-0.25, -0.2) is 14.6 Å². The highest BCUT2D eigenvalue weighted by atomic mass is 32.1. The summed E-state index contributed by atoms with van der Waals surface area (Å²) in [4.78, 5) is 10.0. The predicted molar refractivity (Wildman–Crippen MR) is 121 cm³/mol. The van der Waals surface area contributed by atoms with Crippen molar-refractivity contribution in [3.05, 3.63) is 45.8 Å². The van der Waals surface area contributed by atoms with Crippen LogP contribution in [-0.2, 0) is 0 Å². The van der Waals surface area contributed by atoms with Crippen molar-refractivity contribution in [1.82, 2.24) is 34.7 Å². The quantitative estimate of drug-likeness (QED) is 0.497. The Morgan fingerprint density at radius 2 is 2.03 bits per heavy atom. The third-order valence-corrected chi connectivity index (χ3v) is 6.90. The fraction of sp³-hybridized carbons (Fsp3) is 0.409. The van der Waals surface area contributed by atoms with E-state index in [0.717, 1.165) is 52.8 Å². The van der Waals surface area contributed by atoms with Crippen molar-refractivity contribution in [3.8, 4) is 23.2 Å². The van der Waals surface area contributed by atoms with E-state index in [-0.39, 0.29) is 6.10 Å². The highest BCUT2D eigenvalue weighted by Gasteiger charge is 2.23. The van der Waals surface area contributed by atoms with Crippen LogP contribution in [0.1, 0.15) is 53.2 Å². The highest BCUT2D eigenvalue weighted by Crippen LogP contribution is 2.32. The number of hydrogen-bond donors (Lipinski definition) is 1. The number of nitrogens with zero attached hydrogens (tertiary/aromatic N) is 7. The van der Waals surface area contributed by atoms with Gasteiger partial charge in [0.25, 0.3) is 0 Å². The average Bonchev–Trinajstić information content (AvgIpc) is 3.52. The van der Waals surface area contributed by atoms with E-state index in [4.69, 9.17) is 4.74 Å². The van der Waals surface area contributed by atoms with Crippen LogP contribution in [0.5, 0.6) is 5.88 Å². The van der Waals surface area contributed by atoms with E-state index in [0.29, 0.717) is 23.3 Å². The van der Waals surface area contributed by atoms with E-state index >= 15 is 0 Å². The average molecular weight is 449 g/mol. The van der Waals surface area contributed by atoms with Crippen LogP contribution in [0.3, 0.4) is 0 Å². The first-order valence-electron chi connectivity index (χ1n) is 10.7. The molecule has 0 saturated carbocycles. The predicted octanol–water partition coefficient (Wildman–Crippen LogP) is 3.60. The first-order valence-corrected chi connectivity index (χ1v) is 11.5. The Labute approximate surface area is 189 Å². The highest BCUT2D eigenvalue weighted by molar-refractivity contribution is 7.11. The van der Waals surface area contributed by atoms with Crippen molar-refractivity contribution in [2.45, 2.75) is 45.8 Å². The molecule has 1 unspecified atom stereocenters. The summed E-state index contributed by atoms with van der Waals surface area (Å²) in [7, 11) is 0. The fourth-order valence-electron chi connectivity index (χ4n) is 4.18. The third kappa shape index (κ3) is 3.63. The minimum atomic E-state index is -0.271. The summed E-state index contributed by atoms with van der Waals surface area (Å²) in [5.74, 6) is 0.530. The molecule has 9 nitrogen and oxygen atoms in total. The van der Waals surface area contributed by atoms with Crippen LogP contribution < -0.4 is 10.1 Å². The van der Waals surface area contributed by atoms with Gasteiger partial charge in [0.05, 0.1) is 17.9 Å². The van der Waals surface area contributed by atoms with Gasteiger partial charge in [0.15, 0.2) is 0 Å². The largest absolute Gasteiger partial charge is 0.468 e. The summed E-state index contributed by atoms with van der Waals surface area (Å²) in [5.41, 5.74) is 3.73. The Hall–Kier alpha value is -3.29. The number of ether oxygens (including phenoxy) is 1. The number of nitriles is 1. The van der Waals surface area contributed by atoms with E-state index in [1.165, 1.54) is 0 Å². The van der Waals surface area contributed by atoms with Gasteiger partial charge in [-0.1, -0.05) is 5.21 Å². The number of rotatable bonds is 5. The van der Waals surface area contributed by atoms with Gasteiger partial charge < -0.3 is 10.1 Å². The van der Waals surface area contributed by atoms with E-state index in [2.05, 4.69) is 38.6 Å². The lowest BCUT2D eigenvalue weighted by Crippen LogP contribution is -2.30. The molecule has 32 heavy (non-hydrogen) atoms. The summed E-state index contributed by atoms with van der Waals surface area (Å²) in [5, 5.41) is 22.8. The fourth-order valence-corrected chi connectivity index (χ4v) is 4.93. The van der Waals surface area contributed by atoms with Gasteiger partial charge in [-0.05, 0) is 52.8 Å². The first-order chi connectivity index (χ1) is 15.5. The van der Waals surface area contributed by atoms with Crippen LogP contribution in [0.4, 0.5) is 0 Å². The zero-order valence-corrected chi connectivity index (χ0v) is 19.1. The summed E-state index contributed by atoms with van der Waals surface area (Å²) in [6, 6.07) is 6.38. The molecule has 1 saturated heterocycles. The summed E-state index contributed by atoms with van der Waals surface area (Å²) in [6.45, 7) is 8.00. The minimum absolute atomic E-state index is 0.271. The van der Waals surface area contributed by atoms with Crippen molar-refractivity contribution in [3.63, 3.8) is 0 Å². The molecule has 10 heteroatoms. The number of nitrogens with one attached hydrogen (secondary N) is 1. The SMILES string of the molecule is Cc1cnc(C(C)Oc2cc(-c3nnn(C4CCNCC4)c3C)cc3ncc(C#N)n23)s1. The number of aromatic nitrogens is 6. The van der Waals surface area contributed by atoms with Crippen molar-refractivity contribution < 1.29 is 4.74 Å². The molecule has 0 spiro atoms. The zero-order chi connectivity index (χ0) is 22.2. The summed E-state index contributed by atoms with van der Waals surface area (Å²) >= 11 is 1.60. The van der Waals surface area contributed by atoms with Gasteiger partial charge in [0.2, 0.25) is 5.88 Å². The lowest BCUT2D eigenvalue weighted by Gasteiger charge is -2.23. The molecule has 0 aliphatic carbocycles. The molecule has 5 rings (SSSR count). The molecular formula is C22H24N8OS. The van der Waals surface area contributed by atoms with Gasteiger partial charge in [-0.2, -0.15) is 5.26 Å². The van der Waals surface area contributed by atoms with Crippen LogP contribution in [0, 0.1) is 25.2 Å². The Balaban J connectivity index is 1.56. The van der Waals surface area contributed by atoms with Crippen molar-refractivity contribution in [1.29, 1.82) is 5.26 Å². The topological polar surface area (TPSA) is 106 Å². The zero-order valence-electron chi connectivity index (χ0n) is 18.2. The molecule has 1 fully saturated rings. The van der Waals surface area contributed by atoms with Crippen LogP contribution >= 0.6 is 11.3 Å². The van der Waals surface area contributed by atoms with E-state index < -0.39 is 0 Å². The molecule has 164 valence electrons. The molecule has 1 aliphatic rings. The Kier molecular flexibility index (Phi) is 5.36. The number of fused-ring (bicyclic) bond motifs is 1. The molecule has 0 amide bonds. The molecule has 4 aromatic heterocycles. The lowest BCUT2D eigenvalue weighted by atomic mass is 10.1. The minimum Gasteiger partial charge on any atom is -0.468 e. The standard InChI is InChI=1S/C22H24N8OS/c1-13-11-26-22(32-13)15(3)31-20-9-16(8-19-25-12-18(10-23)29(19)20)21-14(2)30(28-27-21)17-4-6-24-7-5-17/h8-9,11-12,15,17,24H,4-7H2,1-3H3. The lowest BCUT2D eigenvalue weighted by molar-refractivity contribution is 0.214. The summed E-state index contributed by atoms with van der Waals surface area (Å²) < 4.78 is 10.1. The van der Waals surface area contributed by atoms with Gasteiger partial charge >= 0.3 is 0 Å². The van der Waals surface area contributed by atoms with Gasteiger partial charge in [-0.3, -0.25) is 4.40 Å². The van der Waals surface area contributed by atoms with Crippen LogP contribution in [0.2, 0.25) is 0 Å². The second-order valence-electron chi connectivity index (χ2n) is 8.05. The molecular weight excluding hydrogens is 424 g/mol. The van der Waals surface area contributed by atoms with Gasteiger partial charge in [0.1, 0.15) is 34.2 Å². The first kappa shape index (κ1) is 20.6. The van der Waals surface area contributed by atoms with Crippen molar-refractivity contribution >= 4 is 17.0 Å². The van der Waals surface area contributed by atoms with Gasteiger partial charge in [0, 0.05) is 22.7 Å². The molecule has 1 atom stereocenters. The number of imidazole rings is 1. The maximum Gasteiger partial charge on any atom is 0.201 e. The van der Waals surface area contributed by atoms with Crippen molar-refractivity contribution in [2.75, 3.05) is 13.1 Å². The van der Waals surface area contributed by atoms with Crippen LogP contribution in [-0.4, -0.2) is 42.5 Å². The van der Waals surface area contributed by atoms with E-state index in [1.807, 2.05) is 36.9 Å². The maximum absolute atomic E-state index is 9.57. The van der Waals surface area contributed by atoms with Crippen LogP contribution in [0.15, 0.2) is 24.5 Å². The molecule has 4 aromatic rings. The number of piperidine rings is 1. The van der Waals surface area contributed by atoms with Crippen LogP contribution in [0.25, 0.3) is 16.9 Å². The van der Waals surface area contributed by atoms with E-state index in [9.17, 15) is 5.26 Å². The number of pyridine rings is 1. The number of aryl methyl sites for hydroxylation is 1. The molecule has 0 aromatic carbocycles.